The minimum atomic E-state index is 0.763. The Morgan fingerprint density at radius 2 is 1.68 bits per heavy atom. The Morgan fingerprint density at radius 3 is 2.45 bits per heavy atom. The third-order valence-electron chi connectivity index (χ3n) is 6.23. The summed E-state index contributed by atoms with van der Waals surface area (Å²) in [6.45, 7) is 11.2. The number of nitrogens with zero attached hydrogens (tertiary/aromatic N) is 6. The fourth-order valence-corrected chi connectivity index (χ4v) is 4.36. The van der Waals surface area contributed by atoms with E-state index in [1.165, 1.54) is 11.3 Å². The van der Waals surface area contributed by atoms with E-state index in [-0.39, 0.29) is 0 Å². The van der Waals surface area contributed by atoms with Crippen molar-refractivity contribution >= 4 is 11.6 Å². The Balaban J connectivity index is 1.39. The number of morpholine rings is 1. The molecule has 7 heteroatoms. The Bertz CT molecular complexity index is 1090. The van der Waals surface area contributed by atoms with Gasteiger partial charge >= 0.3 is 0 Å². The summed E-state index contributed by atoms with van der Waals surface area (Å²) in [6, 6.07) is 6.50. The highest BCUT2D eigenvalue weighted by Crippen LogP contribution is 2.29. The van der Waals surface area contributed by atoms with Gasteiger partial charge in [0.15, 0.2) is 0 Å². The molecule has 160 valence electrons. The molecular formula is C24H28N6O. The van der Waals surface area contributed by atoms with Gasteiger partial charge in [-0.2, -0.15) is 0 Å². The molecule has 3 aromatic heterocycles. The number of pyridine rings is 2. The number of aromatic nitrogens is 4. The second kappa shape index (κ2) is 8.23. The first-order valence-electron chi connectivity index (χ1n) is 10.9. The van der Waals surface area contributed by atoms with Crippen LogP contribution in [-0.4, -0.2) is 52.8 Å². The fourth-order valence-electron chi connectivity index (χ4n) is 4.36. The number of rotatable bonds is 3. The van der Waals surface area contributed by atoms with Gasteiger partial charge in [-0.15, -0.1) is 0 Å². The Morgan fingerprint density at radius 1 is 0.871 bits per heavy atom. The highest BCUT2D eigenvalue weighted by atomic mass is 16.5. The summed E-state index contributed by atoms with van der Waals surface area (Å²) in [5.74, 6) is 2.87. The third-order valence-corrected chi connectivity index (χ3v) is 6.23. The van der Waals surface area contributed by atoms with Crippen LogP contribution in [0.3, 0.4) is 0 Å². The van der Waals surface area contributed by atoms with Crippen molar-refractivity contribution < 1.29 is 4.74 Å². The normalized spacial score (nSPS) is 16.4. The lowest BCUT2D eigenvalue weighted by Crippen LogP contribution is -2.36. The lowest BCUT2D eigenvalue weighted by molar-refractivity contribution is 0.122. The number of anilines is 2. The minimum absolute atomic E-state index is 0.763. The van der Waals surface area contributed by atoms with Gasteiger partial charge in [0.2, 0.25) is 0 Å². The first kappa shape index (κ1) is 19.9. The molecule has 0 unspecified atom stereocenters. The highest BCUT2D eigenvalue weighted by Gasteiger charge is 2.22. The average Bonchev–Trinajstić information content (AvgIpc) is 2.81. The molecule has 5 heterocycles. The number of hydrogen-bond donors (Lipinski definition) is 0. The number of fused-ring (bicyclic) bond motifs is 1. The van der Waals surface area contributed by atoms with Crippen LogP contribution in [0.2, 0.25) is 0 Å². The van der Waals surface area contributed by atoms with E-state index in [2.05, 4.69) is 46.8 Å². The molecule has 0 N–H and O–H groups in total. The zero-order valence-corrected chi connectivity index (χ0v) is 18.4. The number of hydrogen-bond acceptors (Lipinski definition) is 7. The highest BCUT2D eigenvalue weighted by molar-refractivity contribution is 5.65. The van der Waals surface area contributed by atoms with E-state index in [0.29, 0.717) is 0 Å². The fraction of sp³-hybridized carbons (Fsp3) is 0.417. The molecule has 0 atom stereocenters. The van der Waals surface area contributed by atoms with E-state index in [1.807, 2.05) is 19.3 Å². The van der Waals surface area contributed by atoms with Crippen LogP contribution in [0, 0.1) is 20.8 Å². The maximum absolute atomic E-state index is 5.44. The molecule has 0 bridgehead atoms. The molecule has 0 radical (unpaired) electrons. The van der Waals surface area contributed by atoms with Gasteiger partial charge in [-0.3, -0.25) is 4.98 Å². The van der Waals surface area contributed by atoms with Crippen LogP contribution in [0.1, 0.15) is 28.3 Å². The van der Waals surface area contributed by atoms with Crippen molar-refractivity contribution in [3.05, 3.63) is 58.9 Å². The zero-order chi connectivity index (χ0) is 21.4. The Labute approximate surface area is 183 Å². The second-order valence-corrected chi connectivity index (χ2v) is 8.31. The molecule has 31 heavy (non-hydrogen) atoms. The van der Waals surface area contributed by atoms with Gasteiger partial charge in [-0.05, 0) is 44.5 Å². The monoisotopic (exact) mass is 416 g/mol. The van der Waals surface area contributed by atoms with Crippen molar-refractivity contribution in [3.8, 4) is 11.1 Å². The largest absolute Gasteiger partial charge is 0.378 e. The first-order chi connectivity index (χ1) is 15.1. The average molecular weight is 417 g/mol. The van der Waals surface area contributed by atoms with E-state index in [4.69, 9.17) is 19.7 Å². The molecule has 7 nitrogen and oxygen atoms in total. The van der Waals surface area contributed by atoms with E-state index in [1.54, 1.807) is 0 Å². The second-order valence-electron chi connectivity index (χ2n) is 8.31. The van der Waals surface area contributed by atoms with Gasteiger partial charge < -0.3 is 14.5 Å². The summed E-state index contributed by atoms with van der Waals surface area (Å²) < 4.78 is 5.44. The molecular weight excluding hydrogens is 388 g/mol. The predicted molar refractivity (Wildman–Crippen MR) is 121 cm³/mol. The lowest BCUT2D eigenvalue weighted by atomic mass is 10.0. The van der Waals surface area contributed by atoms with Crippen molar-refractivity contribution in [1.82, 2.24) is 19.9 Å². The third kappa shape index (κ3) is 3.97. The summed E-state index contributed by atoms with van der Waals surface area (Å²) in [4.78, 5) is 23.3. The summed E-state index contributed by atoms with van der Waals surface area (Å²) in [6.07, 6.45) is 4.85. The van der Waals surface area contributed by atoms with Crippen LogP contribution < -0.4 is 9.80 Å². The van der Waals surface area contributed by atoms with E-state index < -0.39 is 0 Å². The Kier molecular flexibility index (Phi) is 5.28. The molecule has 5 rings (SSSR count). The lowest BCUT2D eigenvalue weighted by Gasteiger charge is -2.31. The summed E-state index contributed by atoms with van der Waals surface area (Å²) in [7, 11) is 0. The molecule has 2 aliphatic heterocycles. The first-order valence-corrected chi connectivity index (χ1v) is 10.9. The summed E-state index contributed by atoms with van der Waals surface area (Å²) in [5.41, 5.74) is 6.84. The standard InChI is InChI=1S/C24H28N6O/c1-16-17(2)27-18(3)28-24(16)30-7-6-22-21(15-30)12-20(14-25-22)19-4-5-23(26-13-19)29-8-10-31-11-9-29/h4-5,12-14H,6-11,15H2,1-3H3. The van der Waals surface area contributed by atoms with Gasteiger partial charge in [0.1, 0.15) is 17.5 Å². The maximum atomic E-state index is 5.44. The van der Waals surface area contributed by atoms with Crippen molar-refractivity contribution in [2.75, 3.05) is 42.6 Å². The van der Waals surface area contributed by atoms with E-state index >= 15 is 0 Å². The SMILES string of the molecule is Cc1nc(C)c(C)c(N2CCc3ncc(-c4ccc(N5CCOCC5)nc4)cc3C2)n1. The van der Waals surface area contributed by atoms with Crippen LogP contribution in [0.4, 0.5) is 11.6 Å². The van der Waals surface area contributed by atoms with Crippen molar-refractivity contribution in [3.63, 3.8) is 0 Å². The van der Waals surface area contributed by atoms with E-state index in [9.17, 15) is 0 Å². The molecule has 0 saturated carbocycles. The van der Waals surface area contributed by atoms with Crippen LogP contribution in [0.5, 0.6) is 0 Å². The minimum Gasteiger partial charge on any atom is -0.378 e. The molecule has 1 saturated heterocycles. The number of aryl methyl sites for hydroxylation is 2. The van der Waals surface area contributed by atoms with Gasteiger partial charge in [0.05, 0.1) is 13.2 Å². The zero-order valence-electron chi connectivity index (χ0n) is 18.4. The quantitative estimate of drug-likeness (QED) is 0.649. The maximum Gasteiger partial charge on any atom is 0.135 e. The molecule has 2 aliphatic rings. The van der Waals surface area contributed by atoms with Crippen LogP contribution in [0.15, 0.2) is 30.6 Å². The summed E-state index contributed by atoms with van der Waals surface area (Å²) >= 11 is 0. The van der Waals surface area contributed by atoms with E-state index in [0.717, 1.165) is 85.7 Å². The topological polar surface area (TPSA) is 67.3 Å². The molecule has 1 fully saturated rings. The van der Waals surface area contributed by atoms with Gasteiger partial charge in [0, 0.05) is 73.1 Å². The molecule has 3 aromatic rings. The van der Waals surface area contributed by atoms with Crippen LogP contribution >= 0.6 is 0 Å². The van der Waals surface area contributed by atoms with Crippen LogP contribution in [-0.2, 0) is 17.7 Å². The molecule has 0 aliphatic carbocycles. The van der Waals surface area contributed by atoms with Crippen molar-refractivity contribution in [2.45, 2.75) is 33.7 Å². The molecule has 0 amide bonds. The van der Waals surface area contributed by atoms with Gasteiger partial charge in [-0.25, -0.2) is 15.0 Å². The Hall–Kier alpha value is -3.06. The molecule has 0 spiro atoms. The van der Waals surface area contributed by atoms with Gasteiger partial charge in [0.25, 0.3) is 0 Å². The predicted octanol–water partition coefficient (Wildman–Crippen LogP) is 3.26. The molecule has 0 aromatic carbocycles. The summed E-state index contributed by atoms with van der Waals surface area (Å²) in [5, 5.41) is 0. The van der Waals surface area contributed by atoms with Gasteiger partial charge in [-0.1, -0.05) is 0 Å². The number of ether oxygens (including phenoxy) is 1. The van der Waals surface area contributed by atoms with Crippen molar-refractivity contribution in [1.29, 1.82) is 0 Å². The van der Waals surface area contributed by atoms with Crippen LogP contribution in [0.25, 0.3) is 11.1 Å². The smallest absolute Gasteiger partial charge is 0.135 e. The van der Waals surface area contributed by atoms with Crippen molar-refractivity contribution in [2.24, 2.45) is 0 Å².